The fourth-order valence-corrected chi connectivity index (χ4v) is 3.89. The number of likely N-dealkylation sites (N-methyl/N-ethyl adjacent to an activating group) is 1. The standard InChI is InChI=1S/C25H26F4N4O3.C2H6/c1-16-4-6-18(13-19(16)25(27,28)29)36-21-7-5-17(12-20(21)26)15-35-22-14-23(32(3)24(34)30-22)33-10-8-31(2)9-11-33;1-2/h4-7,12-14H,8-11,15H2,1-3H3;1-2H3. The Kier molecular flexibility index (Phi) is 9.37. The monoisotopic (exact) mass is 536 g/mol. The Morgan fingerprint density at radius 2 is 1.66 bits per heavy atom. The molecule has 0 amide bonds. The molecular formula is C27H32F4N4O3. The van der Waals surface area contributed by atoms with Crippen molar-refractivity contribution in [2.24, 2.45) is 7.05 Å². The Balaban J connectivity index is 0.00000195. The van der Waals surface area contributed by atoms with Crippen molar-refractivity contribution in [2.75, 3.05) is 38.1 Å². The fourth-order valence-electron chi connectivity index (χ4n) is 3.89. The van der Waals surface area contributed by atoms with Gasteiger partial charge in [-0.25, -0.2) is 9.18 Å². The molecule has 0 saturated carbocycles. The summed E-state index contributed by atoms with van der Waals surface area (Å²) < 4.78 is 66.6. The van der Waals surface area contributed by atoms with Gasteiger partial charge in [-0.2, -0.15) is 18.2 Å². The second kappa shape index (κ2) is 12.3. The van der Waals surface area contributed by atoms with Gasteiger partial charge < -0.3 is 19.3 Å². The summed E-state index contributed by atoms with van der Waals surface area (Å²) >= 11 is 0. The lowest BCUT2D eigenvalue weighted by Crippen LogP contribution is -2.46. The zero-order chi connectivity index (χ0) is 28.0. The number of piperazine rings is 1. The minimum Gasteiger partial charge on any atom is -0.473 e. The fraction of sp³-hybridized carbons (Fsp3) is 0.407. The highest BCUT2D eigenvalue weighted by atomic mass is 19.4. The van der Waals surface area contributed by atoms with Gasteiger partial charge >= 0.3 is 11.9 Å². The number of nitrogens with zero attached hydrogens (tertiary/aromatic N) is 4. The molecule has 2 heterocycles. The Bertz CT molecular complexity index is 1300. The number of benzene rings is 2. The van der Waals surface area contributed by atoms with Crippen molar-refractivity contribution >= 4 is 5.82 Å². The lowest BCUT2D eigenvalue weighted by atomic mass is 10.1. The van der Waals surface area contributed by atoms with Gasteiger partial charge in [-0.15, -0.1) is 0 Å². The SMILES string of the molecule is CC.Cc1ccc(Oc2ccc(COc3cc(N4CCN(C)CC4)n(C)c(=O)n3)cc2F)cc1C(F)(F)F. The second-order valence-corrected chi connectivity index (χ2v) is 8.71. The number of hydrogen-bond acceptors (Lipinski definition) is 6. The summed E-state index contributed by atoms with van der Waals surface area (Å²) in [5, 5.41) is 0. The van der Waals surface area contributed by atoms with Crippen molar-refractivity contribution in [1.82, 2.24) is 14.5 Å². The maximum absolute atomic E-state index is 14.6. The molecule has 1 aromatic heterocycles. The zero-order valence-corrected chi connectivity index (χ0v) is 22.1. The molecule has 0 aliphatic carbocycles. The average Bonchev–Trinajstić information content (AvgIpc) is 2.88. The van der Waals surface area contributed by atoms with E-state index in [4.69, 9.17) is 9.47 Å². The molecule has 4 rings (SSSR count). The molecule has 206 valence electrons. The van der Waals surface area contributed by atoms with Gasteiger partial charge in [-0.05, 0) is 49.4 Å². The lowest BCUT2D eigenvalue weighted by molar-refractivity contribution is -0.138. The van der Waals surface area contributed by atoms with Crippen LogP contribution in [0, 0.1) is 12.7 Å². The molecule has 1 saturated heterocycles. The van der Waals surface area contributed by atoms with E-state index in [-0.39, 0.29) is 29.5 Å². The van der Waals surface area contributed by atoms with Gasteiger partial charge in [0.05, 0.1) is 5.56 Å². The first-order chi connectivity index (χ1) is 18.0. The third kappa shape index (κ3) is 7.03. The van der Waals surface area contributed by atoms with Crippen LogP contribution in [0.5, 0.6) is 17.4 Å². The molecular weight excluding hydrogens is 504 g/mol. The van der Waals surface area contributed by atoms with Gasteiger partial charge in [0, 0.05) is 39.3 Å². The van der Waals surface area contributed by atoms with Gasteiger partial charge in [-0.3, -0.25) is 4.57 Å². The minimum absolute atomic E-state index is 0.0444. The van der Waals surface area contributed by atoms with Crippen LogP contribution in [0.2, 0.25) is 0 Å². The van der Waals surface area contributed by atoms with E-state index in [1.807, 2.05) is 20.9 Å². The molecule has 0 N–H and O–H groups in total. The van der Waals surface area contributed by atoms with Crippen LogP contribution >= 0.6 is 0 Å². The smallest absolute Gasteiger partial charge is 0.416 e. The van der Waals surface area contributed by atoms with E-state index < -0.39 is 23.2 Å². The molecule has 11 heteroatoms. The van der Waals surface area contributed by atoms with E-state index in [9.17, 15) is 22.4 Å². The summed E-state index contributed by atoms with van der Waals surface area (Å²) in [5.41, 5.74) is -0.832. The van der Waals surface area contributed by atoms with Crippen molar-refractivity contribution in [2.45, 2.75) is 33.6 Å². The Labute approximate surface area is 219 Å². The zero-order valence-electron chi connectivity index (χ0n) is 22.1. The number of aryl methyl sites for hydroxylation is 1. The molecule has 7 nitrogen and oxygen atoms in total. The quantitative estimate of drug-likeness (QED) is 0.394. The van der Waals surface area contributed by atoms with Crippen LogP contribution in [-0.2, 0) is 19.8 Å². The summed E-state index contributed by atoms with van der Waals surface area (Å²) in [6.07, 6.45) is -4.54. The van der Waals surface area contributed by atoms with Crippen molar-refractivity contribution in [3.63, 3.8) is 0 Å². The maximum Gasteiger partial charge on any atom is 0.416 e. The number of halogens is 4. The molecule has 38 heavy (non-hydrogen) atoms. The number of hydrogen-bond donors (Lipinski definition) is 0. The number of alkyl halides is 3. The average molecular weight is 537 g/mol. The van der Waals surface area contributed by atoms with Gasteiger partial charge in [0.1, 0.15) is 18.2 Å². The Hall–Kier alpha value is -3.60. The van der Waals surface area contributed by atoms with E-state index in [2.05, 4.69) is 14.8 Å². The highest BCUT2D eigenvalue weighted by Gasteiger charge is 2.32. The first-order valence-corrected chi connectivity index (χ1v) is 12.3. The molecule has 1 aliphatic rings. The van der Waals surface area contributed by atoms with Gasteiger partial charge in [0.25, 0.3) is 0 Å². The first-order valence-electron chi connectivity index (χ1n) is 12.3. The van der Waals surface area contributed by atoms with Crippen LogP contribution in [0.25, 0.3) is 0 Å². The van der Waals surface area contributed by atoms with Gasteiger partial charge in [-0.1, -0.05) is 26.0 Å². The van der Waals surface area contributed by atoms with Crippen molar-refractivity contribution in [3.8, 4) is 17.4 Å². The van der Waals surface area contributed by atoms with Crippen LogP contribution in [0.1, 0.15) is 30.5 Å². The third-order valence-corrected chi connectivity index (χ3v) is 6.04. The van der Waals surface area contributed by atoms with Crippen LogP contribution < -0.4 is 20.1 Å². The molecule has 2 aromatic carbocycles. The summed E-state index contributed by atoms with van der Waals surface area (Å²) in [4.78, 5) is 20.6. The van der Waals surface area contributed by atoms with Crippen LogP contribution in [0.3, 0.4) is 0 Å². The summed E-state index contributed by atoms with van der Waals surface area (Å²) in [6.45, 7) is 8.51. The van der Waals surface area contributed by atoms with Crippen LogP contribution in [0.15, 0.2) is 47.3 Å². The Morgan fingerprint density at radius 3 is 2.29 bits per heavy atom. The summed E-state index contributed by atoms with van der Waals surface area (Å²) in [7, 11) is 3.68. The Morgan fingerprint density at radius 1 is 0.974 bits per heavy atom. The molecule has 3 aromatic rings. The molecule has 0 spiro atoms. The number of rotatable bonds is 6. The predicted molar refractivity (Wildman–Crippen MR) is 138 cm³/mol. The van der Waals surface area contributed by atoms with E-state index in [0.717, 1.165) is 38.3 Å². The minimum atomic E-state index is -4.54. The normalized spacial score (nSPS) is 14.1. The van der Waals surface area contributed by atoms with Crippen molar-refractivity contribution in [1.29, 1.82) is 0 Å². The molecule has 0 radical (unpaired) electrons. The van der Waals surface area contributed by atoms with E-state index in [0.29, 0.717) is 11.4 Å². The third-order valence-electron chi connectivity index (χ3n) is 6.04. The lowest BCUT2D eigenvalue weighted by Gasteiger charge is -2.34. The van der Waals surface area contributed by atoms with Crippen LogP contribution in [0.4, 0.5) is 23.4 Å². The maximum atomic E-state index is 14.6. The number of ether oxygens (including phenoxy) is 2. The molecule has 1 aliphatic heterocycles. The van der Waals surface area contributed by atoms with E-state index in [1.54, 1.807) is 13.1 Å². The largest absolute Gasteiger partial charge is 0.473 e. The second-order valence-electron chi connectivity index (χ2n) is 8.71. The summed E-state index contributed by atoms with van der Waals surface area (Å²) in [5.74, 6) is -0.312. The topological polar surface area (TPSA) is 59.8 Å². The molecule has 0 unspecified atom stereocenters. The highest BCUT2D eigenvalue weighted by Crippen LogP contribution is 2.35. The molecule has 1 fully saturated rings. The van der Waals surface area contributed by atoms with Gasteiger partial charge in [0.15, 0.2) is 11.6 Å². The van der Waals surface area contributed by atoms with Crippen LogP contribution in [-0.4, -0.2) is 47.7 Å². The number of aromatic nitrogens is 2. The molecule has 0 atom stereocenters. The highest BCUT2D eigenvalue weighted by molar-refractivity contribution is 5.43. The van der Waals surface area contributed by atoms with E-state index in [1.165, 1.54) is 35.8 Å². The first kappa shape index (κ1) is 29.0. The van der Waals surface area contributed by atoms with Gasteiger partial charge in [0.2, 0.25) is 5.88 Å². The van der Waals surface area contributed by atoms with Crippen molar-refractivity contribution in [3.05, 3.63) is 75.5 Å². The number of anilines is 1. The summed E-state index contributed by atoms with van der Waals surface area (Å²) in [6, 6.07) is 9.14. The van der Waals surface area contributed by atoms with E-state index >= 15 is 0 Å². The predicted octanol–water partition coefficient (Wildman–Crippen LogP) is 5.40. The van der Waals surface area contributed by atoms with Crippen molar-refractivity contribution < 1.29 is 27.0 Å². The molecule has 0 bridgehead atoms.